The van der Waals surface area contributed by atoms with Crippen molar-refractivity contribution in [1.29, 1.82) is 0 Å². The van der Waals surface area contributed by atoms with E-state index in [1.807, 2.05) is 39.8 Å². The van der Waals surface area contributed by atoms with Crippen LogP contribution in [0.1, 0.15) is 29.2 Å². The Morgan fingerprint density at radius 3 is 2.54 bits per heavy atom. The fraction of sp³-hybridized carbons (Fsp3) is 0.263. The lowest BCUT2D eigenvalue weighted by Gasteiger charge is -2.09. The average molecular weight is 345 g/mol. The summed E-state index contributed by atoms with van der Waals surface area (Å²) in [6.07, 6.45) is 0. The van der Waals surface area contributed by atoms with Crippen LogP contribution in [0.15, 0.2) is 41.5 Å². The number of nitrogens with zero attached hydrogens (tertiary/aromatic N) is 1. The fourth-order valence-electron chi connectivity index (χ4n) is 2.38. The van der Waals surface area contributed by atoms with E-state index in [2.05, 4.69) is 16.6 Å². The number of halogens is 1. The second-order valence-corrected chi connectivity index (χ2v) is 6.19. The van der Waals surface area contributed by atoms with E-state index < -0.39 is 0 Å². The smallest absolute Gasteiger partial charge is 0.277 e. The first-order valence-corrected chi connectivity index (χ1v) is 8.04. The molecule has 0 saturated heterocycles. The highest BCUT2D eigenvalue weighted by molar-refractivity contribution is 6.30. The summed E-state index contributed by atoms with van der Waals surface area (Å²) in [6, 6.07) is 11.4. The number of benzene rings is 2. The van der Waals surface area contributed by atoms with Gasteiger partial charge in [0.05, 0.1) is 5.71 Å². The Morgan fingerprint density at radius 1 is 1.12 bits per heavy atom. The maximum absolute atomic E-state index is 11.9. The van der Waals surface area contributed by atoms with Crippen LogP contribution in [0.4, 0.5) is 0 Å². The van der Waals surface area contributed by atoms with Crippen LogP contribution < -0.4 is 10.2 Å². The molecule has 1 amide bonds. The number of rotatable bonds is 5. The van der Waals surface area contributed by atoms with Crippen LogP contribution in [-0.2, 0) is 4.79 Å². The number of aryl methyl sites for hydroxylation is 3. The summed E-state index contributed by atoms with van der Waals surface area (Å²) in [7, 11) is 0. The molecule has 4 nitrogen and oxygen atoms in total. The first-order chi connectivity index (χ1) is 11.4. The van der Waals surface area contributed by atoms with Crippen molar-refractivity contribution < 1.29 is 9.53 Å². The van der Waals surface area contributed by atoms with Crippen LogP contribution in [0.5, 0.6) is 5.75 Å². The van der Waals surface area contributed by atoms with Crippen LogP contribution >= 0.6 is 11.6 Å². The lowest BCUT2D eigenvalue weighted by molar-refractivity contribution is -0.123. The molecule has 0 aliphatic heterocycles. The molecule has 0 saturated carbocycles. The second kappa shape index (κ2) is 7.97. The average Bonchev–Trinajstić information content (AvgIpc) is 2.51. The first kappa shape index (κ1) is 18.0. The summed E-state index contributed by atoms with van der Waals surface area (Å²) < 4.78 is 5.49. The van der Waals surface area contributed by atoms with Crippen molar-refractivity contribution >= 4 is 23.2 Å². The Balaban J connectivity index is 1.94. The number of carbonyl (C=O) groups excluding carboxylic acids is 1. The van der Waals surface area contributed by atoms with Crippen LogP contribution in [-0.4, -0.2) is 18.2 Å². The third-order valence-corrected chi connectivity index (χ3v) is 3.85. The van der Waals surface area contributed by atoms with Gasteiger partial charge in [-0.2, -0.15) is 5.10 Å². The van der Waals surface area contributed by atoms with E-state index in [4.69, 9.17) is 16.3 Å². The number of hydrogen-bond acceptors (Lipinski definition) is 3. The highest BCUT2D eigenvalue weighted by Crippen LogP contribution is 2.21. The minimum atomic E-state index is -0.312. The topological polar surface area (TPSA) is 50.7 Å². The van der Waals surface area contributed by atoms with Gasteiger partial charge >= 0.3 is 0 Å². The van der Waals surface area contributed by atoms with Crippen molar-refractivity contribution in [1.82, 2.24) is 5.43 Å². The molecular weight excluding hydrogens is 324 g/mol. The van der Waals surface area contributed by atoms with Crippen LogP contribution in [0.3, 0.4) is 0 Å². The standard InChI is InChI=1S/C19H21ClN2O2/c1-12-5-7-17(13(2)9-12)15(4)21-22-19(23)11-24-18-8-6-16(20)10-14(18)3/h5-10H,11H2,1-4H3,(H,22,23). The molecule has 1 N–H and O–H groups in total. The Kier molecular flexibility index (Phi) is 5.99. The molecule has 24 heavy (non-hydrogen) atoms. The van der Waals surface area contributed by atoms with Gasteiger partial charge in [0, 0.05) is 10.6 Å². The minimum Gasteiger partial charge on any atom is -0.483 e. The van der Waals surface area contributed by atoms with Crippen molar-refractivity contribution in [3.05, 3.63) is 63.7 Å². The van der Waals surface area contributed by atoms with E-state index in [1.165, 1.54) is 5.56 Å². The molecule has 0 fully saturated rings. The molecule has 0 aliphatic rings. The summed E-state index contributed by atoms with van der Waals surface area (Å²) >= 11 is 5.89. The molecule has 0 aliphatic carbocycles. The van der Waals surface area contributed by atoms with E-state index in [-0.39, 0.29) is 12.5 Å². The van der Waals surface area contributed by atoms with Gasteiger partial charge in [-0.15, -0.1) is 0 Å². The van der Waals surface area contributed by atoms with Crippen LogP contribution in [0, 0.1) is 20.8 Å². The van der Waals surface area contributed by atoms with E-state index in [0.717, 1.165) is 22.4 Å². The van der Waals surface area contributed by atoms with Gasteiger partial charge in [-0.05, 0) is 57.0 Å². The molecule has 2 rings (SSSR count). The first-order valence-electron chi connectivity index (χ1n) is 7.66. The normalized spacial score (nSPS) is 11.3. The second-order valence-electron chi connectivity index (χ2n) is 5.75. The molecule has 0 heterocycles. The summed E-state index contributed by atoms with van der Waals surface area (Å²) in [6.45, 7) is 7.70. The van der Waals surface area contributed by atoms with E-state index in [9.17, 15) is 4.79 Å². The predicted molar refractivity (Wildman–Crippen MR) is 98.0 cm³/mol. The number of hydrazone groups is 1. The Bertz CT molecular complexity index is 785. The molecule has 2 aromatic rings. The molecule has 2 aromatic carbocycles. The lowest BCUT2D eigenvalue weighted by atomic mass is 10.0. The van der Waals surface area contributed by atoms with Gasteiger partial charge in [0.2, 0.25) is 0 Å². The number of ether oxygens (including phenoxy) is 1. The van der Waals surface area contributed by atoms with E-state index in [0.29, 0.717) is 10.8 Å². The van der Waals surface area contributed by atoms with Gasteiger partial charge in [-0.25, -0.2) is 5.43 Å². The summed E-state index contributed by atoms with van der Waals surface area (Å²) in [5.41, 5.74) is 7.48. The Labute approximate surface area is 147 Å². The van der Waals surface area contributed by atoms with Gasteiger partial charge < -0.3 is 4.74 Å². The monoisotopic (exact) mass is 344 g/mol. The van der Waals surface area contributed by atoms with Gasteiger partial charge in [-0.1, -0.05) is 35.4 Å². The maximum Gasteiger partial charge on any atom is 0.277 e. The molecule has 0 radical (unpaired) electrons. The molecule has 0 spiro atoms. The quantitative estimate of drug-likeness (QED) is 0.653. The number of hydrogen-bond donors (Lipinski definition) is 1. The van der Waals surface area contributed by atoms with Crippen molar-refractivity contribution in [3.63, 3.8) is 0 Å². The highest BCUT2D eigenvalue weighted by Gasteiger charge is 2.06. The van der Waals surface area contributed by atoms with Gasteiger partial charge in [0.15, 0.2) is 6.61 Å². The fourth-order valence-corrected chi connectivity index (χ4v) is 2.60. The Hall–Kier alpha value is -2.33. The molecule has 0 atom stereocenters. The summed E-state index contributed by atoms with van der Waals surface area (Å²) in [4.78, 5) is 11.9. The maximum atomic E-state index is 11.9. The third-order valence-electron chi connectivity index (χ3n) is 3.62. The Morgan fingerprint density at radius 2 is 1.88 bits per heavy atom. The van der Waals surface area contributed by atoms with Crippen LogP contribution in [0.2, 0.25) is 5.02 Å². The van der Waals surface area contributed by atoms with Crippen molar-refractivity contribution in [2.75, 3.05) is 6.61 Å². The predicted octanol–water partition coefficient (Wildman–Crippen LogP) is 4.18. The largest absolute Gasteiger partial charge is 0.483 e. The SMILES string of the molecule is CC(=NNC(=O)COc1ccc(Cl)cc1C)c1ccc(C)cc1C. The van der Waals surface area contributed by atoms with E-state index in [1.54, 1.807) is 18.2 Å². The van der Waals surface area contributed by atoms with Crippen molar-refractivity contribution in [3.8, 4) is 5.75 Å². The van der Waals surface area contributed by atoms with Gasteiger partial charge in [-0.3, -0.25) is 4.79 Å². The zero-order valence-corrected chi connectivity index (χ0v) is 15.1. The summed E-state index contributed by atoms with van der Waals surface area (Å²) in [5, 5.41) is 4.79. The molecule has 5 heteroatoms. The van der Waals surface area contributed by atoms with Gasteiger partial charge in [0.1, 0.15) is 5.75 Å². The molecule has 0 aromatic heterocycles. The van der Waals surface area contributed by atoms with Crippen molar-refractivity contribution in [2.24, 2.45) is 5.10 Å². The molecule has 0 unspecified atom stereocenters. The summed E-state index contributed by atoms with van der Waals surface area (Å²) in [5.74, 6) is 0.318. The molecular formula is C19H21ClN2O2. The molecule has 0 bridgehead atoms. The third kappa shape index (κ3) is 4.83. The lowest BCUT2D eigenvalue weighted by Crippen LogP contribution is -2.25. The minimum absolute atomic E-state index is 0.105. The number of nitrogens with one attached hydrogen (secondary N) is 1. The number of carbonyl (C=O) groups is 1. The van der Waals surface area contributed by atoms with Crippen LogP contribution in [0.25, 0.3) is 0 Å². The van der Waals surface area contributed by atoms with E-state index >= 15 is 0 Å². The molecule has 126 valence electrons. The van der Waals surface area contributed by atoms with Gasteiger partial charge in [0.25, 0.3) is 5.91 Å². The number of amides is 1. The highest BCUT2D eigenvalue weighted by atomic mass is 35.5. The zero-order valence-electron chi connectivity index (χ0n) is 14.3. The van der Waals surface area contributed by atoms with Crippen molar-refractivity contribution in [2.45, 2.75) is 27.7 Å². The zero-order chi connectivity index (χ0) is 17.7.